The second-order valence-corrected chi connectivity index (χ2v) is 7.43. The van der Waals surface area contributed by atoms with Gasteiger partial charge >= 0.3 is 0 Å². The number of aliphatic imine (C=N–C) groups is 1. The van der Waals surface area contributed by atoms with Gasteiger partial charge in [-0.3, -0.25) is 14.5 Å². The summed E-state index contributed by atoms with van der Waals surface area (Å²) in [4.78, 5) is 18.6. The van der Waals surface area contributed by atoms with E-state index >= 15 is 0 Å². The van der Waals surface area contributed by atoms with E-state index in [2.05, 4.69) is 25.6 Å². The first-order valence-corrected chi connectivity index (χ1v) is 9.98. The van der Waals surface area contributed by atoms with Gasteiger partial charge in [-0.25, -0.2) is 0 Å². The topological polar surface area (TPSA) is 83.8 Å². The van der Waals surface area contributed by atoms with Gasteiger partial charge in [-0.15, -0.1) is 24.0 Å². The molecule has 158 valence electrons. The third kappa shape index (κ3) is 6.61. The maximum Gasteiger partial charge on any atom is 0.220 e. The number of carbonyl (C=O) groups is 1. The summed E-state index contributed by atoms with van der Waals surface area (Å²) in [5, 5.41) is 10.6. The summed E-state index contributed by atoms with van der Waals surface area (Å²) in [5.74, 6) is 1.60. The van der Waals surface area contributed by atoms with E-state index in [1.165, 1.54) is 25.7 Å². The van der Waals surface area contributed by atoms with Crippen molar-refractivity contribution in [2.75, 3.05) is 39.8 Å². The normalized spacial score (nSPS) is 20.7. The Labute approximate surface area is 184 Å². The standard InChI is InChI=1S/C19H32N6O2.HI/c1-20-19(22-8-7-21-18(26)11-15-5-3-4-6-15)25-9-10-27-17(14-25)16-12-23-24(2)13-16;/h12-13,15,17H,3-11,14H2,1-2H3,(H,20,22)(H,21,26);1H. The van der Waals surface area contributed by atoms with Gasteiger partial charge in [0.2, 0.25) is 5.91 Å². The Bertz CT molecular complexity index is 644. The van der Waals surface area contributed by atoms with E-state index in [9.17, 15) is 4.79 Å². The molecule has 2 fully saturated rings. The van der Waals surface area contributed by atoms with Gasteiger partial charge in [0.25, 0.3) is 0 Å². The Hall–Kier alpha value is -1.36. The molecule has 2 heterocycles. The fraction of sp³-hybridized carbons (Fsp3) is 0.737. The van der Waals surface area contributed by atoms with Crippen LogP contribution in [0.4, 0.5) is 0 Å². The van der Waals surface area contributed by atoms with Gasteiger partial charge < -0.3 is 20.3 Å². The minimum Gasteiger partial charge on any atom is -0.370 e. The van der Waals surface area contributed by atoms with Gasteiger partial charge in [0.15, 0.2) is 5.96 Å². The number of guanidine groups is 1. The summed E-state index contributed by atoms with van der Waals surface area (Å²) in [6, 6.07) is 0. The molecule has 0 aromatic carbocycles. The average molecular weight is 504 g/mol. The van der Waals surface area contributed by atoms with E-state index in [-0.39, 0.29) is 36.0 Å². The number of hydrogen-bond acceptors (Lipinski definition) is 4. The van der Waals surface area contributed by atoms with Crippen LogP contribution in [0.3, 0.4) is 0 Å². The Morgan fingerprint density at radius 3 is 2.75 bits per heavy atom. The van der Waals surface area contributed by atoms with Crippen molar-refractivity contribution in [2.24, 2.45) is 18.0 Å². The van der Waals surface area contributed by atoms with Gasteiger partial charge in [0.05, 0.1) is 19.3 Å². The number of carbonyl (C=O) groups excluding carboxylic acids is 1. The van der Waals surface area contributed by atoms with Crippen molar-refractivity contribution < 1.29 is 9.53 Å². The number of hydrogen-bond donors (Lipinski definition) is 2. The highest BCUT2D eigenvalue weighted by Crippen LogP contribution is 2.27. The van der Waals surface area contributed by atoms with Crippen LogP contribution in [0.2, 0.25) is 0 Å². The minimum absolute atomic E-state index is 0. The third-order valence-electron chi connectivity index (χ3n) is 5.35. The molecule has 0 bridgehead atoms. The zero-order chi connectivity index (χ0) is 19.1. The molecule has 9 heteroatoms. The van der Waals surface area contributed by atoms with Crippen LogP contribution in [-0.2, 0) is 16.6 Å². The van der Waals surface area contributed by atoms with E-state index in [1.807, 2.05) is 19.4 Å². The summed E-state index contributed by atoms with van der Waals surface area (Å²) in [7, 11) is 3.70. The smallest absolute Gasteiger partial charge is 0.220 e. The lowest BCUT2D eigenvalue weighted by Gasteiger charge is -2.34. The van der Waals surface area contributed by atoms with Gasteiger partial charge in [0, 0.05) is 51.9 Å². The van der Waals surface area contributed by atoms with Gasteiger partial charge in [-0.2, -0.15) is 5.10 Å². The molecule has 1 saturated carbocycles. The van der Waals surface area contributed by atoms with E-state index in [0.717, 1.165) is 24.6 Å². The number of halogens is 1. The van der Waals surface area contributed by atoms with Gasteiger partial charge in [-0.05, 0) is 18.8 Å². The van der Waals surface area contributed by atoms with Crippen molar-refractivity contribution in [3.63, 3.8) is 0 Å². The second-order valence-electron chi connectivity index (χ2n) is 7.43. The molecule has 1 aromatic heterocycles. The highest BCUT2D eigenvalue weighted by molar-refractivity contribution is 14.0. The molecule has 1 aliphatic heterocycles. The maximum absolute atomic E-state index is 12.0. The van der Waals surface area contributed by atoms with E-state index in [0.29, 0.717) is 32.0 Å². The largest absolute Gasteiger partial charge is 0.370 e. The summed E-state index contributed by atoms with van der Waals surface area (Å²) >= 11 is 0. The van der Waals surface area contributed by atoms with Crippen LogP contribution < -0.4 is 10.6 Å². The predicted molar refractivity (Wildman–Crippen MR) is 120 cm³/mol. The first-order chi connectivity index (χ1) is 13.2. The molecule has 0 radical (unpaired) electrons. The van der Waals surface area contributed by atoms with Crippen LogP contribution >= 0.6 is 24.0 Å². The molecule has 1 saturated heterocycles. The molecule has 1 atom stereocenters. The highest BCUT2D eigenvalue weighted by atomic mass is 127. The number of aryl methyl sites for hydroxylation is 1. The summed E-state index contributed by atoms with van der Waals surface area (Å²) in [6.07, 6.45) is 9.46. The number of amides is 1. The van der Waals surface area contributed by atoms with Crippen molar-refractivity contribution in [1.82, 2.24) is 25.3 Å². The van der Waals surface area contributed by atoms with Crippen molar-refractivity contribution in [3.05, 3.63) is 18.0 Å². The van der Waals surface area contributed by atoms with E-state index in [1.54, 1.807) is 11.7 Å². The second kappa shape index (κ2) is 11.6. The molecule has 3 rings (SSSR count). The molecule has 2 N–H and O–H groups in total. The summed E-state index contributed by atoms with van der Waals surface area (Å²) in [6.45, 7) is 3.46. The number of nitrogens with one attached hydrogen (secondary N) is 2. The van der Waals surface area contributed by atoms with Crippen LogP contribution in [0.5, 0.6) is 0 Å². The lowest BCUT2D eigenvalue weighted by molar-refractivity contribution is -0.121. The fourth-order valence-corrected chi connectivity index (χ4v) is 3.91. The molecule has 28 heavy (non-hydrogen) atoms. The van der Waals surface area contributed by atoms with Gasteiger partial charge in [0.1, 0.15) is 6.10 Å². The van der Waals surface area contributed by atoms with Crippen molar-refractivity contribution in [2.45, 2.75) is 38.2 Å². The average Bonchev–Trinajstić information content (AvgIpc) is 3.33. The molecule has 8 nitrogen and oxygen atoms in total. The van der Waals surface area contributed by atoms with Crippen LogP contribution in [-0.4, -0.2) is 66.4 Å². The predicted octanol–water partition coefficient (Wildman–Crippen LogP) is 1.68. The number of ether oxygens (including phenoxy) is 1. The Morgan fingerprint density at radius 1 is 1.32 bits per heavy atom. The van der Waals surface area contributed by atoms with Crippen LogP contribution in [0, 0.1) is 5.92 Å². The number of nitrogens with zero attached hydrogens (tertiary/aromatic N) is 4. The number of morpholine rings is 1. The molecule has 1 amide bonds. The van der Waals surface area contributed by atoms with Gasteiger partial charge in [-0.1, -0.05) is 12.8 Å². The SMILES string of the molecule is CN=C(NCCNC(=O)CC1CCCC1)N1CCOC(c2cnn(C)c2)C1.I. The fourth-order valence-electron chi connectivity index (χ4n) is 3.91. The molecule has 1 unspecified atom stereocenters. The van der Waals surface area contributed by atoms with Crippen molar-refractivity contribution in [1.29, 1.82) is 0 Å². The molecular formula is C19H33IN6O2. The zero-order valence-electron chi connectivity index (χ0n) is 16.9. The first kappa shape index (κ1) is 22.9. The van der Waals surface area contributed by atoms with E-state index in [4.69, 9.17) is 4.74 Å². The molecule has 0 spiro atoms. The minimum atomic E-state index is -0.00267. The first-order valence-electron chi connectivity index (χ1n) is 9.98. The Balaban J connectivity index is 0.00000280. The van der Waals surface area contributed by atoms with Crippen molar-refractivity contribution >= 4 is 35.8 Å². The lowest BCUT2D eigenvalue weighted by atomic mass is 10.0. The van der Waals surface area contributed by atoms with Crippen molar-refractivity contribution in [3.8, 4) is 0 Å². The van der Waals surface area contributed by atoms with Crippen LogP contribution in [0.1, 0.15) is 43.8 Å². The van der Waals surface area contributed by atoms with Crippen LogP contribution in [0.25, 0.3) is 0 Å². The van der Waals surface area contributed by atoms with Crippen LogP contribution in [0.15, 0.2) is 17.4 Å². The molecule has 1 aromatic rings. The number of aromatic nitrogens is 2. The summed E-state index contributed by atoms with van der Waals surface area (Å²) < 4.78 is 7.68. The third-order valence-corrected chi connectivity index (χ3v) is 5.35. The number of rotatable bonds is 6. The lowest BCUT2D eigenvalue weighted by Crippen LogP contribution is -2.49. The molecule has 2 aliphatic rings. The summed E-state index contributed by atoms with van der Waals surface area (Å²) in [5.41, 5.74) is 1.08. The molecular weight excluding hydrogens is 471 g/mol. The molecule has 1 aliphatic carbocycles. The Kier molecular flexibility index (Phi) is 9.49. The zero-order valence-corrected chi connectivity index (χ0v) is 19.2. The quantitative estimate of drug-likeness (QED) is 0.267. The van der Waals surface area contributed by atoms with E-state index < -0.39 is 0 Å². The highest BCUT2D eigenvalue weighted by Gasteiger charge is 2.25. The Morgan fingerprint density at radius 2 is 2.07 bits per heavy atom. The maximum atomic E-state index is 12.0. The monoisotopic (exact) mass is 504 g/mol.